The van der Waals surface area contributed by atoms with Crippen LogP contribution in [0.15, 0.2) is 0 Å². The molecular weight excluding hydrogens is 298 g/mol. The third-order valence-corrected chi connectivity index (χ3v) is 6.17. The van der Waals surface area contributed by atoms with Crippen LogP contribution in [0, 0.1) is 0 Å². The lowest BCUT2D eigenvalue weighted by atomic mass is 10.0. The number of rotatable bonds is 4. The monoisotopic (exact) mass is 319 g/mol. The molecule has 2 unspecified atom stereocenters. The standard InChI is InChI=1S/C12H21N3O5S/c13-11(16)9-5-1-3-7-14(9)21(19,20)15-8-4-2-6-10(15)12(17)18/h9-10H,1-8H2,(H2,13,16)(H,17,18). The van der Waals surface area contributed by atoms with Crippen LogP contribution in [0.1, 0.15) is 38.5 Å². The zero-order chi connectivity index (χ0) is 15.6. The van der Waals surface area contributed by atoms with Crippen molar-refractivity contribution in [2.45, 2.75) is 50.6 Å². The van der Waals surface area contributed by atoms with E-state index in [0.29, 0.717) is 32.1 Å². The second-order valence-corrected chi connectivity index (χ2v) is 7.33. The van der Waals surface area contributed by atoms with Crippen LogP contribution in [-0.2, 0) is 19.8 Å². The molecule has 2 rings (SSSR count). The van der Waals surface area contributed by atoms with Crippen molar-refractivity contribution in [2.75, 3.05) is 13.1 Å². The molecule has 0 saturated carbocycles. The molecule has 2 aliphatic rings. The van der Waals surface area contributed by atoms with Gasteiger partial charge in [-0.25, -0.2) is 0 Å². The predicted octanol–water partition coefficient (Wildman–Crippen LogP) is -0.490. The number of hydrogen-bond donors (Lipinski definition) is 2. The summed E-state index contributed by atoms with van der Waals surface area (Å²) in [4.78, 5) is 22.8. The van der Waals surface area contributed by atoms with Crippen LogP contribution >= 0.6 is 0 Å². The van der Waals surface area contributed by atoms with E-state index in [1.807, 2.05) is 0 Å². The van der Waals surface area contributed by atoms with Gasteiger partial charge in [0.1, 0.15) is 12.1 Å². The van der Waals surface area contributed by atoms with Gasteiger partial charge in [0.05, 0.1) is 0 Å². The van der Waals surface area contributed by atoms with E-state index in [-0.39, 0.29) is 13.1 Å². The van der Waals surface area contributed by atoms with Gasteiger partial charge >= 0.3 is 5.97 Å². The molecule has 120 valence electrons. The van der Waals surface area contributed by atoms with Gasteiger partial charge in [0, 0.05) is 13.1 Å². The number of aliphatic carboxylic acids is 1. The van der Waals surface area contributed by atoms with E-state index >= 15 is 0 Å². The summed E-state index contributed by atoms with van der Waals surface area (Å²) in [7, 11) is -3.99. The fraction of sp³-hybridized carbons (Fsp3) is 0.833. The first-order valence-electron chi connectivity index (χ1n) is 7.16. The highest BCUT2D eigenvalue weighted by atomic mass is 32.2. The summed E-state index contributed by atoms with van der Waals surface area (Å²) in [5.41, 5.74) is 5.30. The number of primary amides is 1. The lowest BCUT2D eigenvalue weighted by Crippen LogP contribution is -2.59. The van der Waals surface area contributed by atoms with E-state index in [4.69, 9.17) is 5.73 Å². The highest BCUT2D eigenvalue weighted by Gasteiger charge is 2.44. The van der Waals surface area contributed by atoms with E-state index < -0.39 is 34.2 Å². The maximum Gasteiger partial charge on any atom is 0.322 e. The Morgan fingerprint density at radius 2 is 1.43 bits per heavy atom. The Labute approximate surface area is 124 Å². The Morgan fingerprint density at radius 1 is 0.952 bits per heavy atom. The normalized spacial score (nSPS) is 29.1. The van der Waals surface area contributed by atoms with Gasteiger partial charge < -0.3 is 10.8 Å². The number of piperidine rings is 2. The fourth-order valence-electron chi connectivity index (χ4n) is 3.03. The van der Waals surface area contributed by atoms with Crippen molar-refractivity contribution in [1.29, 1.82) is 0 Å². The van der Waals surface area contributed by atoms with E-state index in [2.05, 4.69) is 0 Å². The Bertz CT molecular complexity index is 481. The molecule has 21 heavy (non-hydrogen) atoms. The second-order valence-electron chi connectivity index (χ2n) is 5.49. The van der Waals surface area contributed by atoms with Gasteiger partial charge in [-0.3, -0.25) is 9.59 Å². The lowest BCUT2D eigenvalue weighted by molar-refractivity contribution is -0.142. The molecule has 2 heterocycles. The molecule has 0 aromatic heterocycles. The van der Waals surface area contributed by atoms with Crippen molar-refractivity contribution in [3.8, 4) is 0 Å². The maximum atomic E-state index is 12.8. The Hall–Kier alpha value is -1.19. The van der Waals surface area contributed by atoms with Crippen LogP contribution in [0.5, 0.6) is 0 Å². The first kappa shape index (κ1) is 16.2. The average Bonchev–Trinajstić information content (AvgIpc) is 2.47. The molecule has 0 aromatic rings. The molecule has 0 spiro atoms. The summed E-state index contributed by atoms with van der Waals surface area (Å²) < 4.78 is 27.6. The SMILES string of the molecule is NC(=O)C1CCCCN1S(=O)(=O)N1CCCCC1C(=O)O. The number of carboxylic acid groups (broad SMARTS) is 1. The maximum absolute atomic E-state index is 12.8. The number of carbonyl (C=O) groups is 2. The zero-order valence-electron chi connectivity index (χ0n) is 11.8. The van der Waals surface area contributed by atoms with Gasteiger partial charge in [0.25, 0.3) is 10.2 Å². The van der Waals surface area contributed by atoms with Gasteiger partial charge in [0.2, 0.25) is 5.91 Å². The van der Waals surface area contributed by atoms with Crippen LogP contribution in [-0.4, -0.2) is 59.2 Å². The Kier molecular flexibility index (Phi) is 4.84. The minimum atomic E-state index is -3.99. The van der Waals surface area contributed by atoms with Crippen LogP contribution in [0.4, 0.5) is 0 Å². The van der Waals surface area contributed by atoms with E-state index in [0.717, 1.165) is 15.0 Å². The highest BCUT2D eigenvalue weighted by molar-refractivity contribution is 7.86. The van der Waals surface area contributed by atoms with Crippen LogP contribution < -0.4 is 5.73 Å². The molecule has 0 aromatic carbocycles. The van der Waals surface area contributed by atoms with Gasteiger partial charge in [0.15, 0.2) is 0 Å². The van der Waals surface area contributed by atoms with Crippen molar-refractivity contribution in [3.05, 3.63) is 0 Å². The summed E-state index contributed by atoms with van der Waals surface area (Å²) in [6.07, 6.45) is 3.38. The van der Waals surface area contributed by atoms with Gasteiger partial charge in [-0.1, -0.05) is 6.42 Å². The van der Waals surface area contributed by atoms with E-state index in [1.165, 1.54) is 0 Å². The molecule has 2 fully saturated rings. The van der Waals surface area contributed by atoms with Crippen molar-refractivity contribution in [3.63, 3.8) is 0 Å². The third-order valence-electron chi connectivity index (χ3n) is 4.11. The number of carboxylic acids is 1. The summed E-state index contributed by atoms with van der Waals surface area (Å²) in [6, 6.07) is -1.93. The zero-order valence-corrected chi connectivity index (χ0v) is 12.6. The molecule has 3 N–H and O–H groups in total. The van der Waals surface area contributed by atoms with Crippen molar-refractivity contribution in [1.82, 2.24) is 8.61 Å². The molecule has 2 atom stereocenters. The van der Waals surface area contributed by atoms with Crippen molar-refractivity contribution in [2.24, 2.45) is 5.73 Å². The molecule has 0 aliphatic carbocycles. The van der Waals surface area contributed by atoms with Crippen molar-refractivity contribution < 1.29 is 23.1 Å². The number of amides is 1. The smallest absolute Gasteiger partial charge is 0.322 e. The van der Waals surface area contributed by atoms with E-state index in [1.54, 1.807) is 0 Å². The van der Waals surface area contributed by atoms with Gasteiger partial charge in [-0.05, 0) is 32.1 Å². The van der Waals surface area contributed by atoms with Gasteiger partial charge in [-0.15, -0.1) is 0 Å². The van der Waals surface area contributed by atoms with Crippen LogP contribution in [0.2, 0.25) is 0 Å². The number of hydrogen-bond acceptors (Lipinski definition) is 4. The Morgan fingerprint density at radius 3 is 1.90 bits per heavy atom. The topological polar surface area (TPSA) is 121 Å². The first-order chi connectivity index (χ1) is 9.85. The third kappa shape index (κ3) is 3.19. The van der Waals surface area contributed by atoms with Crippen LogP contribution in [0.3, 0.4) is 0 Å². The quantitative estimate of drug-likeness (QED) is 0.724. The minimum absolute atomic E-state index is 0.168. The molecule has 9 heteroatoms. The molecule has 2 saturated heterocycles. The second kappa shape index (κ2) is 6.29. The summed E-state index contributed by atoms with van der Waals surface area (Å²) in [5.74, 6) is -1.83. The summed E-state index contributed by atoms with van der Waals surface area (Å²) in [6.45, 7) is 0.375. The van der Waals surface area contributed by atoms with Crippen molar-refractivity contribution >= 4 is 22.1 Å². The first-order valence-corrected chi connectivity index (χ1v) is 8.56. The molecule has 0 radical (unpaired) electrons. The van der Waals surface area contributed by atoms with Crippen LogP contribution in [0.25, 0.3) is 0 Å². The largest absolute Gasteiger partial charge is 0.480 e. The fourth-order valence-corrected chi connectivity index (χ4v) is 5.07. The lowest BCUT2D eigenvalue weighted by Gasteiger charge is -2.39. The number of carbonyl (C=O) groups excluding carboxylic acids is 1. The highest BCUT2D eigenvalue weighted by Crippen LogP contribution is 2.27. The summed E-state index contributed by atoms with van der Waals surface area (Å²) in [5, 5.41) is 9.23. The number of nitrogens with zero attached hydrogens (tertiary/aromatic N) is 2. The minimum Gasteiger partial charge on any atom is -0.480 e. The molecule has 0 bridgehead atoms. The van der Waals surface area contributed by atoms with Gasteiger partial charge in [-0.2, -0.15) is 17.0 Å². The molecular formula is C12H21N3O5S. The Balaban J connectivity index is 2.30. The summed E-state index contributed by atoms with van der Waals surface area (Å²) >= 11 is 0. The molecule has 8 nitrogen and oxygen atoms in total. The number of nitrogens with two attached hydrogens (primary N) is 1. The molecule has 2 aliphatic heterocycles. The van der Waals surface area contributed by atoms with E-state index in [9.17, 15) is 23.1 Å². The molecule has 1 amide bonds. The predicted molar refractivity (Wildman–Crippen MR) is 74.4 cm³/mol. The average molecular weight is 319 g/mol.